The number of hydrogen-bond donors (Lipinski definition) is 1. The maximum absolute atomic E-state index is 13.0. The summed E-state index contributed by atoms with van der Waals surface area (Å²) in [6, 6.07) is 10.5. The van der Waals surface area contributed by atoms with Gasteiger partial charge in [0.25, 0.3) is 0 Å². The van der Waals surface area contributed by atoms with E-state index < -0.39 is 5.78 Å². The van der Waals surface area contributed by atoms with Gasteiger partial charge in [0.05, 0.1) is 35.0 Å². The van der Waals surface area contributed by atoms with Crippen molar-refractivity contribution in [3.8, 4) is 23.0 Å². The standard InChI is InChI=1S/C26H28O7S2/c1-6-33-26(34)35-25(19(27)11-7-17-9-13-21(29-2)23(15-17)31-4)20(28)12-8-18-10-14-22(30-3)24(16-18)32-5/h7-16,27H,6H2,1-5H3/b11-7+,12-8+,25-19+. The highest BCUT2D eigenvalue weighted by atomic mass is 32.2. The predicted molar refractivity (Wildman–Crippen MR) is 144 cm³/mol. The zero-order valence-electron chi connectivity index (χ0n) is 20.2. The van der Waals surface area contributed by atoms with Crippen LogP contribution in [0.3, 0.4) is 0 Å². The van der Waals surface area contributed by atoms with Gasteiger partial charge in [-0.1, -0.05) is 24.3 Å². The minimum absolute atomic E-state index is 0.0249. The first-order valence-corrected chi connectivity index (χ1v) is 11.7. The highest BCUT2D eigenvalue weighted by molar-refractivity contribution is 8.25. The third-order valence-corrected chi connectivity index (χ3v) is 5.85. The van der Waals surface area contributed by atoms with Gasteiger partial charge in [-0.25, -0.2) is 0 Å². The number of thioether (sulfide) groups is 1. The van der Waals surface area contributed by atoms with E-state index in [-0.39, 0.29) is 15.0 Å². The Balaban J connectivity index is 2.35. The Hall–Kier alpha value is -3.43. The van der Waals surface area contributed by atoms with Gasteiger partial charge in [0.1, 0.15) is 10.7 Å². The van der Waals surface area contributed by atoms with Crippen LogP contribution in [-0.4, -0.2) is 50.3 Å². The fourth-order valence-corrected chi connectivity index (χ4v) is 3.92. The van der Waals surface area contributed by atoms with Crippen molar-refractivity contribution in [2.45, 2.75) is 6.92 Å². The lowest BCUT2D eigenvalue weighted by Gasteiger charge is -2.09. The molecule has 0 aliphatic heterocycles. The molecule has 1 N–H and O–H groups in total. The number of carbonyl (C=O) groups is 1. The summed E-state index contributed by atoms with van der Waals surface area (Å²) in [5.74, 6) is 1.53. The minimum Gasteiger partial charge on any atom is -0.507 e. The first kappa shape index (κ1) is 27.8. The number of thiocarbonyl (C=S) groups is 1. The van der Waals surface area contributed by atoms with Crippen molar-refractivity contribution in [1.29, 1.82) is 0 Å². The third-order valence-electron chi connectivity index (χ3n) is 4.58. The Bertz CT molecular complexity index is 1140. The summed E-state index contributed by atoms with van der Waals surface area (Å²) < 4.78 is 26.5. The average Bonchev–Trinajstić information content (AvgIpc) is 2.88. The summed E-state index contributed by atoms with van der Waals surface area (Å²) in [6.45, 7) is 2.13. The molecule has 0 saturated heterocycles. The topological polar surface area (TPSA) is 83.5 Å². The molecule has 0 radical (unpaired) electrons. The van der Waals surface area contributed by atoms with E-state index in [0.717, 1.165) is 17.3 Å². The lowest BCUT2D eigenvalue weighted by molar-refractivity contribution is -0.110. The largest absolute Gasteiger partial charge is 0.507 e. The van der Waals surface area contributed by atoms with Gasteiger partial charge in [-0.2, -0.15) is 0 Å². The van der Waals surface area contributed by atoms with Crippen molar-refractivity contribution in [3.63, 3.8) is 0 Å². The number of allylic oxidation sites excluding steroid dienone is 3. The Kier molecular flexibility index (Phi) is 11.2. The molecule has 7 nitrogen and oxygen atoms in total. The summed E-state index contributed by atoms with van der Waals surface area (Å²) >= 11 is 6.06. The van der Waals surface area contributed by atoms with E-state index in [1.807, 2.05) is 0 Å². The zero-order valence-corrected chi connectivity index (χ0v) is 21.8. The van der Waals surface area contributed by atoms with Gasteiger partial charge in [0, 0.05) is 0 Å². The number of hydrogen-bond acceptors (Lipinski definition) is 9. The van der Waals surface area contributed by atoms with Crippen LogP contribution in [0, 0.1) is 0 Å². The van der Waals surface area contributed by atoms with Crippen molar-refractivity contribution in [2.24, 2.45) is 0 Å². The summed E-state index contributed by atoms with van der Waals surface area (Å²) in [5.41, 5.74) is 1.45. The lowest BCUT2D eigenvalue weighted by atomic mass is 10.1. The number of aliphatic hydroxyl groups excluding tert-OH is 1. The van der Waals surface area contributed by atoms with Gasteiger partial charge in [0.15, 0.2) is 28.8 Å². The highest BCUT2D eigenvalue weighted by Crippen LogP contribution is 2.30. The molecule has 2 aromatic rings. The van der Waals surface area contributed by atoms with Gasteiger partial charge in [-0.15, -0.1) is 0 Å². The number of benzene rings is 2. The lowest BCUT2D eigenvalue weighted by Crippen LogP contribution is -2.04. The normalized spacial score (nSPS) is 11.8. The van der Waals surface area contributed by atoms with Gasteiger partial charge >= 0.3 is 0 Å². The smallest absolute Gasteiger partial charge is 0.225 e. The first-order valence-electron chi connectivity index (χ1n) is 10.5. The molecule has 0 bridgehead atoms. The SMILES string of the molecule is CCOC(=S)S/C(C(=O)/C=C/c1ccc(OC)c(OC)c1)=C(O)\C=C\c1ccc(OC)c(OC)c1. The molecule has 35 heavy (non-hydrogen) atoms. The van der Waals surface area contributed by atoms with Crippen LogP contribution in [0.4, 0.5) is 0 Å². The molecule has 186 valence electrons. The summed E-state index contributed by atoms with van der Waals surface area (Å²) in [4.78, 5) is 13.0. The van der Waals surface area contributed by atoms with Crippen LogP contribution in [0.25, 0.3) is 12.2 Å². The molecule has 2 aromatic carbocycles. The van der Waals surface area contributed by atoms with E-state index in [1.165, 1.54) is 26.4 Å². The Morgan fingerprint density at radius 2 is 1.34 bits per heavy atom. The monoisotopic (exact) mass is 516 g/mol. The van der Waals surface area contributed by atoms with Crippen LogP contribution >= 0.6 is 24.0 Å². The second kappa shape index (κ2) is 14.1. The predicted octanol–water partition coefficient (Wildman–Crippen LogP) is 5.84. The van der Waals surface area contributed by atoms with Gasteiger partial charge in [-0.05, 0) is 78.4 Å². The van der Waals surface area contributed by atoms with Crippen molar-refractivity contribution in [3.05, 3.63) is 70.3 Å². The summed E-state index contributed by atoms with van der Waals surface area (Å²) in [6.07, 6.45) is 6.02. The molecule has 2 rings (SSSR count). The van der Waals surface area contributed by atoms with Crippen LogP contribution in [0.5, 0.6) is 23.0 Å². The van der Waals surface area contributed by atoms with E-state index in [1.54, 1.807) is 69.7 Å². The fourth-order valence-electron chi connectivity index (χ4n) is 2.87. The molecular weight excluding hydrogens is 488 g/mol. The van der Waals surface area contributed by atoms with Crippen molar-refractivity contribution in [2.75, 3.05) is 35.0 Å². The van der Waals surface area contributed by atoms with E-state index in [0.29, 0.717) is 35.2 Å². The average molecular weight is 517 g/mol. The molecule has 0 aromatic heterocycles. The van der Waals surface area contributed by atoms with Crippen LogP contribution in [0.15, 0.2) is 59.2 Å². The molecule has 9 heteroatoms. The number of methoxy groups -OCH3 is 4. The Labute approximate surface area is 215 Å². The second-order valence-corrected chi connectivity index (χ2v) is 8.37. The number of rotatable bonds is 11. The van der Waals surface area contributed by atoms with Crippen LogP contribution in [-0.2, 0) is 9.53 Å². The van der Waals surface area contributed by atoms with Gasteiger partial charge in [-0.3, -0.25) is 4.79 Å². The van der Waals surface area contributed by atoms with E-state index >= 15 is 0 Å². The van der Waals surface area contributed by atoms with Crippen molar-refractivity contribution < 1.29 is 33.6 Å². The molecule has 0 saturated carbocycles. The first-order chi connectivity index (χ1) is 16.9. The Morgan fingerprint density at radius 3 is 1.80 bits per heavy atom. The fraction of sp³-hybridized carbons (Fsp3) is 0.231. The van der Waals surface area contributed by atoms with Gasteiger partial charge in [0.2, 0.25) is 4.38 Å². The molecule has 0 aliphatic carbocycles. The molecule has 0 aliphatic rings. The molecule has 0 heterocycles. The zero-order chi connectivity index (χ0) is 25.8. The number of aliphatic hydroxyl groups is 1. The molecule has 0 atom stereocenters. The highest BCUT2D eigenvalue weighted by Gasteiger charge is 2.16. The van der Waals surface area contributed by atoms with Crippen LogP contribution in [0.2, 0.25) is 0 Å². The maximum Gasteiger partial charge on any atom is 0.225 e. The maximum atomic E-state index is 13.0. The van der Waals surface area contributed by atoms with Crippen LogP contribution in [0.1, 0.15) is 18.1 Å². The molecule has 0 amide bonds. The van der Waals surface area contributed by atoms with E-state index in [2.05, 4.69) is 0 Å². The number of carbonyl (C=O) groups excluding carboxylic acids is 1. The van der Waals surface area contributed by atoms with Crippen molar-refractivity contribution in [1.82, 2.24) is 0 Å². The summed E-state index contributed by atoms with van der Waals surface area (Å²) in [7, 11) is 6.17. The third kappa shape index (κ3) is 8.08. The number of ketones is 1. The van der Waals surface area contributed by atoms with Crippen molar-refractivity contribution >= 4 is 46.3 Å². The summed E-state index contributed by atoms with van der Waals surface area (Å²) in [5, 5.41) is 10.7. The van der Waals surface area contributed by atoms with Gasteiger partial charge < -0.3 is 28.8 Å². The quantitative estimate of drug-likeness (QED) is 0.171. The molecule has 0 spiro atoms. The minimum atomic E-state index is -0.443. The Morgan fingerprint density at radius 1 is 0.857 bits per heavy atom. The van der Waals surface area contributed by atoms with Crippen LogP contribution < -0.4 is 18.9 Å². The van der Waals surface area contributed by atoms with E-state index in [4.69, 9.17) is 35.9 Å². The molecule has 0 unspecified atom stereocenters. The molecular formula is C26H28O7S2. The number of ether oxygens (including phenoxy) is 5. The molecule has 0 fully saturated rings. The van der Waals surface area contributed by atoms with E-state index in [9.17, 15) is 9.90 Å². The second-order valence-electron chi connectivity index (χ2n) is 6.76.